The van der Waals surface area contributed by atoms with Crippen molar-refractivity contribution in [1.29, 1.82) is 0 Å². The fraction of sp³-hybridized carbons (Fsp3) is 0. The Morgan fingerprint density at radius 3 is 1.06 bits per heavy atom. The molecular weight excluding hydrogens is 1160 g/mol. The molecule has 6 heterocycles. The molecule has 0 unspecified atom stereocenters. The Kier molecular flexibility index (Phi) is 11.6. The molecule has 20 aromatic rings. The lowest BCUT2D eigenvalue weighted by Crippen LogP contribution is -1.99. The van der Waals surface area contributed by atoms with E-state index in [1.807, 2.05) is 12.1 Å². The van der Waals surface area contributed by atoms with Crippen molar-refractivity contribution in [3.05, 3.63) is 328 Å². The molecule has 95 heavy (non-hydrogen) atoms. The van der Waals surface area contributed by atoms with Crippen molar-refractivity contribution in [3.8, 4) is 78.9 Å². The number of hydrogen-bond donors (Lipinski definition) is 0. The average Bonchev–Trinajstić information content (AvgIpc) is 1.62. The molecule has 442 valence electrons. The van der Waals surface area contributed by atoms with Crippen LogP contribution in [0.2, 0.25) is 0 Å². The van der Waals surface area contributed by atoms with E-state index in [2.05, 4.69) is 334 Å². The van der Waals surface area contributed by atoms with Crippen molar-refractivity contribution in [2.75, 3.05) is 0 Å². The van der Waals surface area contributed by atoms with E-state index in [1.165, 1.54) is 65.2 Å². The van der Waals surface area contributed by atoms with Gasteiger partial charge in [0.15, 0.2) is 5.82 Å². The maximum Gasteiger partial charge on any atom is 0.160 e. The van der Waals surface area contributed by atoms with Crippen LogP contribution >= 0.6 is 0 Å². The van der Waals surface area contributed by atoms with Gasteiger partial charge in [0.2, 0.25) is 0 Å². The molecule has 0 bridgehead atoms. The lowest BCUT2D eigenvalue weighted by Gasteiger charge is -2.14. The summed E-state index contributed by atoms with van der Waals surface area (Å²) >= 11 is 0. The summed E-state index contributed by atoms with van der Waals surface area (Å²) in [6.07, 6.45) is 0. The highest BCUT2D eigenvalue weighted by Gasteiger charge is 2.22. The molecule has 0 atom stereocenters. The normalized spacial score (nSPS) is 12.0. The predicted octanol–water partition coefficient (Wildman–Crippen LogP) is 23.1. The second kappa shape index (κ2) is 20.8. The summed E-state index contributed by atoms with van der Waals surface area (Å²) in [5.41, 5.74) is 24.3. The molecule has 0 spiro atoms. The molecule has 14 aromatic carbocycles. The van der Waals surface area contributed by atoms with Gasteiger partial charge in [-0.1, -0.05) is 188 Å². The van der Waals surface area contributed by atoms with Crippen LogP contribution in [0.15, 0.2) is 332 Å². The molecule has 6 aromatic heterocycles. The molecule has 7 nitrogen and oxygen atoms in total. The van der Waals surface area contributed by atoms with Crippen LogP contribution in [-0.2, 0) is 0 Å². The van der Waals surface area contributed by atoms with Crippen molar-refractivity contribution in [2.24, 2.45) is 0 Å². The lowest BCUT2D eigenvalue weighted by molar-refractivity contribution is 0.669. The summed E-state index contributed by atoms with van der Waals surface area (Å²) in [4.78, 5) is 11.1. The van der Waals surface area contributed by atoms with Gasteiger partial charge in [-0.05, 0) is 162 Å². The van der Waals surface area contributed by atoms with Crippen LogP contribution in [0.5, 0.6) is 0 Å². The number of benzene rings is 14. The highest BCUT2D eigenvalue weighted by molar-refractivity contribution is 6.15. The maximum atomic E-state index is 6.37. The summed E-state index contributed by atoms with van der Waals surface area (Å²) in [6, 6.07) is 118. The van der Waals surface area contributed by atoms with Crippen LogP contribution in [0.1, 0.15) is 0 Å². The smallest absolute Gasteiger partial charge is 0.160 e. The van der Waals surface area contributed by atoms with Gasteiger partial charge < -0.3 is 22.7 Å². The third-order valence-electron chi connectivity index (χ3n) is 19.5. The molecule has 0 aliphatic carbocycles. The Balaban J connectivity index is 0.730. The third-order valence-corrected chi connectivity index (χ3v) is 19.5. The minimum atomic E-state index is 0.622. The average molecular weight is 1210 g/mol. The number of nitrogens with zero attached hydrogens (tertiary/aromatic N) is 6. The van der Waals surface area contributed by atoms with E-state index in [0.717, 1.165) is 117 Å². The maximum absolute atomic E-state index is 6.37. The van der Waals surface area contributed by atoms with Crippen LogP contribution in [-0.4, -0.2) is 28.2 Å². The van der Waals surface area contributed by atoms with E-state index < -0.39 is 0 Å². The topological polar surface area (TPSA) is 58.6 Å². The largest absolute Gasteiger partial charge is 0.456 e. The van der Waals surface area contributed by atoms with E-state index in [9.17, 15) is 0 Å². The van der Waals surface area contributed by atoms with Gasteiger partial charge in [-0.2, -0.15) is 0 Å². The number of para-hydroxylation sites is 7. The summed E-state index contributed by atoms with van der Waals surface area (Å²) < 4.78 is 15.9. The van der Waals surface area contributed by atoms with Gasteiger partial charge in [-0.15, -0.1) is 0 Å². The zero-order chi connectivity index (χ0) is 62.2. The molecule has 0 fully saturated rings. The standard InChI is InChI=1S/C88H54N6O/c1-3-21-62(22-4-1)91-80-34-14-9-29-68(80)73-49-55(39-44-82(73)91)57-37-42-70-66-27-7-12-32-78(66)93(84(70)52-57)64-25-17-19-59(47-64)76-54-77(60-41-46-87-75(51-60)72-31-11-16-36-86(72)95-87)90-88(89-76)61-20-18-26-65(48-61)94-79-33-13-8-28-67(79)71-43-38-58(53-85(71)94)56-40-45-83-74(50-56)69-30-10-15-35-81(69)92(83)63-23-5-2-6-24-63/h1-54H. The first-order chi connectivity index (χ1) is 47.1. The lowest BCUT2D eigenvalue weighted by atomic mass is 10.0. The highest BCUT2D eigenvalue weighted by atomic mass is 16.3. The molecule has 0 aliphatic rings. The van der Waals surface area contributed by atoms with Gasteiger partial charge in [0, 0.05) is 93.3 Å². The monoisotopic (exact) mass is 1210 g/mol. The van der Waals surface area contributed by atoms with Crippen LogP contribution in [0.3, 0.4) is 0 Å². The van der Waals surface area contributed by atoms with Crippen LogP contribution in [0, 0.1) is 0 Å². The molecule has 0 saturated carbocycles. The van der Waals surface area contributed by atoms with Gasteiger partial charge in [0.1, 0.15) is 11.2 Å². The molecular formula is C88H54N6O. The molecule has 20 rings (SSSR count). The molecule has 0 radical (unpaired) electrons. The van der Waals surface area contributed by atoms with Crippen LogP contribution < -0.4 is 0 Å². The van der Waals surface area contributed by atoms with Gasteiger partial charge in [-0.3, -0.25) is 0 Å². The number of fused-ring (bicyclic) bond motifs is 15. The predicted molar refractivity (Wildman–Crippen MR) is 394 cm³/mol. The first-order valence-corrected chi connectivity index (χ1v) is 32.4. The summed E-state index contributed by atoms with van der Waals surface area (Å²) in [5, 5.41) is 11.8. The Labute approximate surface area is 545 Å². The Morgan fingerprint density at radius 2 is 0.537 bits per heavy atom. The molecule has 7 heteroatoms. The minimum Gasteiger partial charge on any atom is -0.456 e. The number of aromatic nitrogens is 6. The summed E-state index contributed by atoms with van der Waals surface area (Å²) in [5.74, 6) is 0.622. The summed E-state index contributed by atoms with van der Waals surface area (Å²) in [7, 11) is 0. The Hall–Kier alpha value is -12.8. The zero-order valence-electron chi connectivity index (χ0n) is 51.3. The minimum absolute atomic E-state index is 0.622. The molecule has 0 saturated heterocycles. The molecule has 0 amide bonds. The van der Waals surface area contributed by atoms with E-state index in [-0.39, 0.29) is 0 Å². The quantitative estimate of drug-likeness (QED) is 0.145. The van der Waals surface area contributed by atoms with Crippen molar-refractivity contribution >= 4 is 109 Å². The number of hydrogen-bond acceptors (Lipinski definition) is 3. The van der Waals surface area contributed by atoms with Gasteiger partial charge >= 0.3 is 0 Å². The number of rotatable bonds is 9. The molecule has 0 aliphatic heterocycles. The number of furan rings is 1. The van der Waals surface area contributed by atoms with E-state index >= 15 is 0 Å². The van der Waals surface area contributed by atoms with Crippen molar-refractivity contribution in [3.63, 3.8) is 0 Å². The second-order valence-electron chi connectivity index (χ2n) is 24.9. The fourth-order valence-corrected chi connectivity index (χ4v) is 15.2. The molecule has 0 N–H and O–H groups in total. The van der Waals surface area contributed by atoms with E-state index in [4.69, 9.17) is 14.4 Å². The highest BCUT2D eigenvalue weighted by Crippen LogP contribution is 2.43. The zero-order valence-corrected chi connectivity index (χ0v) is 51.3. The van der Waals surface area contributed by atoms with Crippen LogP contribution in [0.4, 0.5) is 0 Å². The van der Waals surface area contributed by atoms with Crippen molar-refractivity contribution < 1.29 is 4.42 Å². The van der Waals surface area contributed by atoms with Crippen LogP contribution in [0.25, 0.3) is 188 Å². The van der Waals surface area contributed by atoms with Gasteiger partial charge in [0.25, 0.3) is 0 Å². The Bertz CT molecular complexity index is 6200. The van der Waals surface area contributed by atoms with E-state index in [0.29, 0.717) is 5.82 Å². The van der Waals surface area contributed by atoms with Crippen molar-refractivity contribution in [2.45, 2.75) is 0 Å². The van der Waals surface area contributed by atoms with E-state index in [1.54, 1.807) is 0 Å². The van der Waals surface area contributed by atoms with Crippen molar-refractivity contribution in [1.82, 2.24) is 28.2 Å². The fourth-order valence-electron chi connectivity index (χ4n) is 15.2. The van der Waals surface area contributed by atoms with Gasteiger partial charge in [-0.25, -0.2) is 9.97 Å². The van der Waals surface area contributed by atoms with Gasteiger partial charge in [0.05, 0.1) is 55.5 Å². The first-order valence-electron chi connectivity index (χ1n) is 32.4. The first kappa shape index (κ1) is 52.9. The Morgan fingerprint density at radius 1 is 0.189 bits per heavy atom. The SMILES string of the molecule is c1ccc(-n2c3ccccc3c3cc(-c4ccc5c6ccccc6n(-c6cccc(-c7cc(-c8ccc9oc%10ccccc%10c9c8)nc(-c8cccc(-n9c%10ccccc%10c%10ccc(-c%11ccc%12c(c%11)c%11ccccc%11n%12-c%11ccccc%11)cc%109)c8)n7)c6)c5c4)ccc32)cc1. The third kappa shape index (κ3) is 8.33. The summed E-state index contributed by atoms with van der Waals surface area (Å²) in [6.45, 7) is 0. The second-order valence-corrected chi connectivity index (χ2v) is 24.9.